The number of H-pyrrole nitrogens is 2. The number of aromatic nitrogens is 7. The lowest BCUT2D eigenvalue weighted by Crippen LogP contribution is -1.89. The molecule has 0 aliphatic rings. The third-order valence-electron chi connectivity index (χ3n) is 5.18. The monoisotopic (exact) mass is 407 g/mol. The molecule has 31 heavy (non-hydrogen) atoms. The van der Waals surface area contributed by atoms with E-state index in [1.54, 1.807) is 36.9 Å². The van der Waals surface area contributed by atoms with Crippen molar-refractivity contribution in [3.8, 4) is 33.9 Å². The quantitative estimate of drug-likeness (QED) is 0.441. The summed E-state index contributed by atoms with van der Waals surface area (Å²) in [6, 6.07) is 14.2. The van der Waals surface area contributed by atoms with E-state index in [1.807, 2.05) is 30.3 Å². The van der Waals surface area contributed by atoms with Crippen molar-refractivity contribution in [3.63, 3.8) is 0 Å². The Morgan fingerprint density at radius 3 is 2.65 bits per heavy atom. The van der Waals surface area contributed by atoms with Gasteiger partial charge in [0.05, 0.1) is 23.1 Å². The van der Waals surface area contributed by atoms with Crippen LogP contribution in [0.4, 0.5) is 4.39 Å². The molecule has 0 spiro atoms. The first kappa shape index (κ1) is 17.4. The van der Waals surface area contributed by atoms with Gasteiger partial charge in [-0.05, 0) is 35.9 Å². The molecule has 6 aromatic rings. The van der Waals surface area contributed by atoms with E-state index < -0.39 is 0 Å². The Kier molecular flexibility index (Phi) is 3.82. The standard InChI is InChI=1S/C23H14FN7/c24-16-4-2-1-3-14(16)13-7-8-27-23-15(13)11-19(29-23)22-21-18(30-31-22)6-5-17(28-21)20-12-25-9-10-26-20/h1-12H,(H,27,29)(H,30,31). The summed E-state index contributed by atoms with van der Waals surface area (Å²) in [6.07, 6.45) is 6.58. The second-order valence-electron chi connectivity index (χ2n) is 7.04. The number of hydrogen-bond donors (Lipinski definition) is 2. The zero-order chi connectivity index (χ0) is 20.8. The van der Waals surface area contributed by atoms with Crippen LogP contribution in [0.2, 0.25) is 0 Å². The molecular weight excluding hydrogens is 393 g/mol. The maximum absolute atomic E-state index is 14.4. The molecule has 0 unspecified atom stereocenters. The summed E-state index contributed by atoms with van der Waals surface area (Å²) >= 11 is 0. The predicted molar refractivity (Wildman–Crippen MR) is 115 cm³/mol. The molecule has 0 radical (unpaired) electrons. The molecule has 0 fully saturated rings. The van der Waals surface area contributed by atoms with Crippen molar-refractivity contribution in [2.45, 2.75) is 0 Å². The molecule has 0 aliphatic heterocycles. The molecule has 0 saturated heterocycles. The first-order chi connectivity index (χ1) is 15.3. The molecule has 2 N–H and O–H groups in total. The summed E-state index contributed by atoms with van der Waals surface area (Å²) in [5.41, 5.74) is 6.19. The van der Waals surface area contributed by atoms with Gasteiger partial charge < -0.3 is 4.98 Å². The average Bonchev–Trinajstić information content (AvgIpc) is 3.43. The normalized spacial score (nSPS) is 11.4. The van der Waals surface area contributed by atoms with Crippen molar-refractivity contribution in [1.29, 1.82) is 0 Å². The summed E-state index contributed by atoms with van der Waals surface area (Å²) in [6.45, 7) is 0. The molecule has 7 nitrogen and oxygen atoms in total. The first-order valence-corrected chi connectivity index (χ1v) is 9.62. The number of aromatic amines is 2. The Labute approximate surface area is 175 Å². The van der Waals surface area contributed by atoms with Crippen LogP contribution in [0.25, 0.3) is 56.0 Å². The largest absolute Gasteiger partial charge is 0.338 e. The Morgan fingerprint density at radius 1 is 0.839 bits per heavy atom. The molecule has 0 amide bonds. The van der Waals surface area contributed by atoms with E-state index in [0.29, 0.717) is 33.8 Å². The van der Waals surface area contributed by atoms with Crippen molar-refractivity contribution in [1.82, 2.24) is 35.1 Å². The fourth-order valence-electron chi connectivity index (χ4n) is 3.73. The highest BCUT2D eigenvalue weighted by Crippen LogP contribution is 2.34. The van der Waals surface area contributed by atoms with Gasteiger partial charge in [0.15, 0.2) is 0 Å². The van der Waals surface area contributed by atoms with Crippen LogP contribution in [0.15, 0.2) is 73.3 Å². The van der Waals surface area contributed by atoms with Crippen LogP contribution >= 0.6 is 0 Å². The summed E-state index contributed by atoms with van der Waals surface area (Å²) < 4.78 is 14.4. The Morgan fingerprint density at radius 2 is 1.77 bits per heavy atom. The van der Waals surface area contributed by atoms with Gasteiger partial charge >= 0.3 is 0 Å². The van der Waals surface area contributed by atoms with E-state index in [0.717, 1.165) is 22.2 Å². The fraction of sp³-hybridized carbons (Fsp3) is 0. The van der Waals surface area contributed by atoms with Gasteiger partial charge in [-0.1, -0.05) is 18.2 Å². The number of benzene rings is 1. The summed E-state index contributed by atoms with van der Waals surface area (Å²) in [5.74, 6) is -0.279. The van der Waals surface area contributed by atoms with Crippen LogP contribution < -0.4 is 0 Å². The lowest BCUT2D eigenvalue weighted by atomic mass is 10.0. The van der Waals surface area contributed by atoms with Gasteiger partial charge in [-0.2, -0.15) is 5.10 Å². The van der Waals surface area contributed by atoms with E-state index in [9.17, 15) is 4.39 Å². The number of rotatable bonds is 3. The topological polar surface area (TPSA) is 96.0 Å². The number of pyridine rings is 2. The predicted octanol–water partition coefficient (Wildman–Crippen LogP) is 4.76. The molecule has 1 aromatic carbocycles. The molecule has 8 heteroatoms. The molecule has 6 rings (SSSR count). The van der Waals surface area contributed by atoms with Gasteiger partial charge in [0.2, 0.25) is 0 Å². The minimum atomic E-state index is -0.279. The molecule has 0 atom stereocenters. The summed E-state index contributed by atoms with van der Waals surface area (Å²) in [7, 11) is 0. The van der Waals surface area contributed by atoms with E-state index in [1.165, 1.54) is 6.07 Å². The van der Waals surface area contributed by atoms with Crippen LogP contribution in [-0.4, -0.2) is 35.1 Å². The number of hydrogen-bond acceptors (Lipinski definition) is 5. The number of nitrogens with one attached hydrogen (secondary N) is 2. The molecule has 0 bridgehead atoms. The van der Waals surface area contributed by atoms with Crippen molar-refractivity contribution in [2.24, 2.45) is 0 Å². The van der Waals surface area contributed by atoms with Crippen LogP contribution in [0.3, 0.4) is 0 Å². The van der Waals surface area contributed by atoms with Gasteiger partial charge in [-0.25, -0.2) is 14.4 Å². The maximum Gasteiger partial charge on any atom is 0.138 e. The Bertz CT molecular complexity index is 1550. The molecular formula is C23H14FN7. The van der Waals surface area contributed by atoms with Crippen molar-refractivity contribution in [3.05, 3.63) is 79.1 Å². The molecule has 5 aromatic heterocycles. The smallest absolute Gasteiger partial charge is 0.138 e. The lowest BCUT2D eigenvalue weighted by molar-refractivity contribution is 0.631. The fourth-order valence-corrected chi connectivity index (χ4v) is 3.73. The molecule has 5 heterocycles. The molecule has 148 valence electrons. The highest BCUT2D eigenvalue weighted by Gasteiger charge is 2.17. The SMILES string of the molecule is Fc1ccccc1-c1ccnc2[nH]c(-c3n[nH]c4ccc(-c5cnccn5)nc34)cc12. The zero-order valence-electron chi connectivity index (χ0n) is 16.0. The van der Waals surface area contributed by atoms with E-state index in [2.05, 4.69) is 30.1 Å². The van der Waals surface area contributed by atoms with Crippen molar-refractivity contribution >= 4 is 22.1 Å². The second kappa shape index (κ2) is 6.81. The first-order valence-electron chi connectivity index (χ1n) is 9.62. The summed E-state index contributed by atoms with van der Waals surface area (Å²) in [4.78, 5) is 20.9. The van der Waals surface area contributed by atoms with Gasteiger partial charge in [0.1, 0.15) is 28.4 Å². The van der Waals surface area contributed by atoms with Crippen molar-refractivity contribution < 1.29 is 4.39 Å². The average molecular weight is 407 g/mol. The highest BCUT2D eigenvalue weighted by molar-refractivity contribution is 5.99. The minimum absolute atomic E-state index is 0.279. The van der Waals surface area contributed by atoms with Crippen LogP contribution in [0.5, 0.6) is 0 Å². The van der Waals surface area contributed by atoms with Gasteiger partial charge in [0, 0.05) is 29.5 Å². The van der Waals surface area contributed by atoms with E-state index >= 15 is 0 Å². The van der Waals surface area contributed by atoms with Gasteiger partial charge in [0.25, 0.3) is 0 Å². The zero-order valence-corrected chi connectivity index (χ0v) is 16.0. The Hall–Kier alpha value is -4.46. The van der Waals surface area contributed by atoms with Crippen LogP contribution in [-0.2, 0) is 0 Å². The second-order valence-corrected chi connectivity index (χ2v) is 7.04. The summed E-state index contributed by atoms with van der Waals surface area (Å²) in [5, 5.41) is 8.28. The minimum Gasteiger partial charge on any atom is -0.338 e. The Balaban J connectivity index is 1.53. The van der Waals surface area contributed by atoms with Gasteiger partial charge in [-0.15, -0.1) is 0 Å². The van der Waals surface area contributed by atoms with Gasteiger partial charge in [-0.3, -0.25) is 15.1 Å². The van der Waals surface area contributed by atoms with Crippen LogP contribution in [0.1, 0.15) is 0 Å². The third kappa shape index (κ3) is 2.84. The number of nitrogens with zero attached hydrogens (tertiary/aromatic N) is 5. The molecule has 0 aliphatic carbocycles. The highest BCUT2D eigenvalue weighted by atomic mass is 19.1. The van der Waals surface area contributed by atoms with E-state index in [4.69, 9.17) is 4.98 Å². The maximum atomic E-state index is 14.4. The van der Waals surface area contributed by atoms with Crippen LogP contribution in [0, 0.1) is 5.82 Å². The lowest BCUT2D eigenvalue weighted by Gasteiger charge is -2.04. The number of halogens is 1. The number of fused-ring (bicyclic) bond motifs is 2. The van der Waals surface area contributed by atoms with E-state index in [-0.39, 0.29) is 5.82 Å². The third-order valence-corrected chi connectivity index (χ3v) is 5.18. The molecule has 0 saturated carbocycles. The van der Waals surface area contributed by atoms with Crippen molar-refractivity contribution in [2.75, 3.05) is 0 Å².